The Labute approximate surface area is 199 Å². The number of nitrogens with one attached hydrogen (secondary N) is 2. The van der Waals surface area contributed by atoms with Crippen LogP contribution in [0, 0.1) is 11.6 Å². The Hall–Kier alpha value is -3.00. The number of benzene rings is 1. The third kappa shape index (κ3) is 4.64. The molecule has 0 aliphatic carbocycles. The van der Waals surface area contributed by atoms with Crippen molar-refractivity contribution in [1.82, 2.24) is 9.97 Å². The summed E-state index contributed by atoms with van der Waals surface area (Å²) in [6.07, 6.45) is 3.04. The molecule has 0 aliphatic heterocycles. The fraction of sp³-hybridized carbons (Fsp3) is 0.143. The molecule has 0 spiro atoms. The van der Waals surface area contributed by atoms with Crippen molar-refractivity contribution in [2.45, 2.75) is 17.6 Å². The Morgan fingerprint density at radius 2 is 2.03 bits per heavy atom. The molecule has 0 radical (unpaired) electrons. The van der Waals surface area contributed by atoms with E-state index < -0.39 is 49.8 Å². The fourth-order valence-electron chi connectivity index (χ4n) is 3.36. The van der Waals surface area contributed by atoms with Crippen LogP contribution in [-0.2, 0) is 21.1 Å². The molecular formula is C21H17F2N3O5S3. The minimum Gasteiger partial charge on any atom is -0.345 e. The summed E-state index contributed by atoms with van der Waals surface area (Å²) in [4.78, 5) is 20.8. The third-order valence-corrected chi connectivity index (χ3v) is 8.43. The number of fused-ring (bicyclic) bond motifs is 1. The van der Waals surface area contributed by atoms with E-state index in [0.717, 1.165) is 23.5 Å². The lowest BCUT2D eigenvalue weighted by atomic mass is 10.0. The molecular weight excluding hydrogens is 508 g/mol. The highest BCUT2D eigenvalue weighted by Gasteiger charge is 2.26. The average molecular weight is 526 g/mol. The van der Waals surface area contributed by atoms with Crippen LogP contribution >= 0.6 is 11.3 Å². The van der Waals surface area contributed by atoms with Gasteiger partial charge < -0.3 is 9.54 Å². The summed E-state index contributed by atoms with van der Waals surface area (Å²) in [6.45, 7) is 1.63. The van der Waals surface area contributed by atoms with Crippen molar-refractivity contribution in [3.05, 3.63) is 65.5 Å². The Kier molecular flexibility index (Phi) is 6.62. The Morgan fingerprint density at radius 1 is 1.26 bits per heavy atom. The highest BCUT2D eigenvalue weighted by molar-refractivity contribution is 7.92. The first-order chi connectivity index (χ1) is 16.1. The largest absolute Gasteiger partial charge is 0.345 e. The van der Waals surface area contributed by atoms with Crippen molar-refractivity contribution in [3.8, 4) is 10.4 Å². The summed E-state index contributed by atoms with van der Waals surface area (Å²) in [5.41, 5.74) is -0.685. The number of hydrogen-bond donors (Lipinski definition) is 3. The summed E-state index contributed by atoms with van der Waals surface area (Å²) >= 11 is -1.09. The van der Waals surface area contributed by atoms with Crippen molar-refractivity contribution in [2.24, 2.45) is 0 Å². The van der Waals surface area contributed by atoms with Gasteiger partial charge in [0.25, 0.3) is 0 Å². The van der Waals surface area contributed by atoms with Crippen LogP contribution in [0.3, 0.4) is 0 Å². The van der Waals surface area contributed by atoms with Crippen LogP contribution in [-0.4, -0.2) is 38.7 Å². The average Bonchev–Trinajstić information content (AvgIpc) is 3.42. The van der Waals surface area contributed by atoms with Crippen molar-refractivity contribution < 1.29 is 30.8 Å². The van der Waals surface area contributed by atoms with E-state index in [2.05, 4.69) is 9.97 Å². The van der Waals surface area contributed by atoms with Gasteiger partial charge in [0, 0.05) is 33.8 Å². The maximum Gasteiger partial charge on any atom is 0.232 e. The summed E-state index contributed by atoms with van der Waals surface area (Å²) in [7, 11) is -3.87. The number of halogens is 2. The van der Waals surface area contributed by atoms with Gasteiger partial charge in [0.1, 0.15) is 15.7 Å². The van der Waals surface area contributed by atoms with Crippen LogP contribution in [0.1, 0.15) is 29.3 Å². The number of ketones is 1. The molecule has 0 aliphatic rings. The lowest BCUT2D eigenvalue weighted by molar-refractivity contribution is 0.103. The maximum absolute atomic E-state index is 15.1. The van der Waals surface area contributed by atoms with Crippen LogP contribution in [0.25, 0.3) is 21.5 Å². The first-order valence-corrected chi connectivity index (χ1v) is 13.4. The van der Waals surface area contributed by atoms with Crippen molar-refractivity contribution in [1.29, 1.82) is 0 Å². The van der Waals surface area contributed by atoms with Gasteiger partial charge in [-0.2, -0.15) is 0 Å². The normalized spacial score (nSPS) is 12.7. The number of rotatable bonds is 8. The molecule has 13 heteroatoms. The molecule has 1 atom stereocenters. The number of aromatic nitrogens is 2. The van der Waals surface area contributed by atoms with E-state index in [0.29, 0.717) is 10.4 Å². The SMILES string of the molecule is CCCS(=O)(=O)Nc1ccc(F)c(C(=O)c2c[nH]c3ncc(-c4ccc(S(=O)O)s4)cc23)c1F. The lowest BCUT2D eigenvalue weighted by Gasteiger charge is -2.11. The van der Waals surface area contributed by atoms with Crippen LogP contribution in [0.4, 0.5) is 14.5 Å². The van der Waals surface area contributed by atoms with Crippen molar-refractivity contribution in [3.63, 3.8) is 0 Å². The number of thiophene rings is 1. The fourth-order valence-corrected chi connectivity index (χ4v) is 5.95. The number of hydrogen-bond acceptors (Lipinski definition) is 6. The topological polar surface area (TPSA) is 129 Å². The molecule has 1 aromatic carbocycles. The van der Waals surface area contributed by atoms with Crippen LogP contribution in [0.2, 0.25) is 0 Å². The maximum atomic E-state index is 15.1. The number of H-pyrrole nitrogens is 1. The van der Waals surface area contributed by atoms with Crippen molar-refractivity contribution in [2.75, 3.05) is 10.5 Å². The number of aromatic amines is 1. The zero-order chi connectivity index (χ0) is 24.6. The molecule has 0 saturated heterocycles. The molecule has 3 aromatic heterocycles. The zero-order valence-electron chi connectivity index (χ0n) is 17.5. The van der Waals surface area contributed by atoms with E-state index in [1.54, 1.807) is 19.1 Å². The Balaban J connectivity index is 1.77. The lowest BCUT2D eigenvalue weighted by Crippen LogP contribution is -2.18. The second-order valence-electron chi connectivity index (χ2n) is 7.22. The van der Waals surface area contributed by atoms with Gasteiger partial charge >= 0.3 is 0 Å². The number of pyridine rings is 1. The van der Waals surface area contributed by atoms with Gasteiger partial charge in [-0.15, -0.1) is 11.3 Å². The number of sulfonamides is 1. The first-order valence-electron chi connectivity index (χ1n) is 9.82. The molecule has 0 fully saturated rings. The van der Waals surface area contributed by atoms with E-state index >= 15 is 4.39 Å². The molecule has 0 amide bonds. The van der Waals surface area contributed by atoms with Gasteiger partial charge in [-0.1, -0.05) is 6.92 Å². The summed E-state index contributed by atoms with van der Waals surface area (Å²) in [5.74, 6) is -3.73. The molecule has 0 bridgehead atoms. The van der Waals surface area contributed by atoms with Crippen LogP contribution in [0.15, 0.2) is 46.9 Å². The highest BCUT2D eigenvalue weighted by Crippen LogP contribution is 2.33. The van der Waals surface area contributed by atoms with E-state index in [-0.39, 0.29) is 33.0 Å². The van der Waals surface area contributed by atoms with Crippen LogP contribution < -0.4 is 4.72 Å². The minimum atomic E-state index is -3.87. The molecule has 4 rings (SSSR count). The van der Waals surface area contributed by atoms with Crippen LogP contribution in [0.5, 0.6) is 0 Å². The number of nitrogens with zero attached hydrogens (tertiary/aromatic N) is 1. The number of anilines is 1. The minimum absolute atomic E-state index is 0.0711. The second kappa shape index (κ2) is 9.33. The first kappa shape index (κ1) is 24.1. The third-order valence-electron chi connectivity index (χ3n) is 4.87. The van der Waals surface area contributed by atoms with E-state index in [9.17, 15) is 26.4 Å². The van der Waals surface area contributed by atoms with Gasteiger partial charge in [0.15, 0.2) is 16.9 Å². The summed E-state index contributed by atoms with van der Waals surface area (Å²) in [6, 6.07) is 6.42. The predicted molar refractivity (Wildman–Crippen MR) is 126 cm³/mol. The Bertz CT molecular complexity index is 1550. The van der Waals surface area contributed by atoms with Gasteiger partial charge in [-0.25, -0.2) is 26.4 Å². The van der Waals surface area contributed by atoms with Gasteiger partial charge in [-0.05, 0) is 36.8 Å². The smallest absolute Gasteiger partial charge is 0.232 e. The standard InChI is InChI=1S/C21H17F2N3O5S3/c1-2-7-34(30,31)26-15-4-3-14(22)18(19(15)23)20(27)13-10-25-21-12(13)8-11(9-24-21)16-5-6-17(32-16)33(28)29/h3-6,8-10,26H,2,7H2,1H3,(H,24,25)(H,28,29). The molecule has 1 unspecified atom stereocenters. The van der Waals surface area contributed by atoms with E-state index in [4.69, 9.17) is 0 Å². The molecule has 34 heavy (non-hydrogen) atoms. The Morgan fingerprint density at radius 3 is 2.71 bits per heavy atom. The number of carbonyl (C=O) groups excluding carboxylic acids is 1. The molecule has 178 valence electrons. The summed E-state index contributed by atoms with van der Waals surface area (Å²) in [5, 5.41) is 0.276. The zero-order valence-corrected chi connectivity index (χ0v) is 19.9. The molecule has 3 heterocycles. The van der Waals surface area contributed by atoms with E-state index in [1.165, 1.54) is 18.5 Å². The quantitative estimate of drug-likeness (QED) is 0.229. The molecule has 8 nitrogen and oxygen atoms in total. The van der Waals surface area contributed by atoms with Gasteiger partial charge in [-0.3, -0.25) is 9.52 Å². The van der Waals surface area contributed by atoms with Gasteiger partial charge in [0.05, 0.1) is 17.0 Å². The summed E-state index contributed by atoms with van der Waals surface area (Å²) < 4.78 is 76.5. The molecule has 0 saturated carbocycles. The molecule has 4 aromatic rings. The van der Waals surface area contributed by atoms with Gasteiger partial charge in [0.2, 0.25) is 15.8 Å². The predicted octanol–water partition coefficient (Wildman–Crippen LogP) is 4.53. The van der Waals surface area contributed by atoms with Crippen molar-refractivity contribution >= 4 is 54.9 Å². The van der Waals surface area contributed by atoms with E-state index in [1.807, 2.05) is 4.72 Å². The second-order valence-corrected chi connectivity index (χ2v) is 11.3. The molecule has 3 N–H and O–H groups in total. The monoisotopic (exact) mass is 525 g/mol. The number of carbonyl (C=O) groups is 1. The highest BCUT2D eigenvalue weighted by atomic mass is 32.2.